The van der Waals surface area contributed by atoms with E-state index in [1.807, 2.05) is 12.1 Å². The van der Waals surface area contributed by atoms with Crippen LogP contribution >= 0.6 is 59.1 Å². The SMILES string of the molecule is NNC(Cc1ccc(Br)cc1F)c1cc(Br)c(Br)s1. The van der Waals surface area contributed by atoms with Crippen molar-refractivity contribution in [2.45, 2.75) is 12.5 Å². The normalized spacial score (nSPS) is 12.7. The number of nitrogens with one attached hydrogen (secondary N) is 1. The second-order valence-electron chi connectivity index (χ2n) is 3.93. The van der Waals surface area contributed by atoms with Crippen molar-refractivity contribution in [1.82, 2.24) is 5.43 Å². The van der Waals surface area contributed by atoms with Gasteiger partial charge in [-0.05, 0) is 62.0 Å². The fraction of sp³-hybridized carbons (Fsp3) is 0.167. The van der Waals surface area contributed by atoms with Gasteiger partial charge in [0.1, 0.15) is 5.82 Å². The number of hydrogen-bond donors (Lipinski definition) is 2. The third kappa shape index (κ3) is 3.86. The van der Waals surface area contributed by atoms with Crippen molar-refractivity contribution in [3.8, 4) is 0 Å². The molecule has 0 aliphatic rings. The highest BCUT2D eigenvalue weighted by Crippen LogP contribution is 2.36. The molecule has 1 aromatic heterocycles. The van der Waals surface area contributed by atoms with Gasteiger partial charge in [-0.15, -0.1) is 11.3 Å². The molecule has 0 fully saturated rings. The predicted molar refractivity (Wildman–Crippen MR) is 87.6 cm³/mol. The molecule has 0 saturated carbocycles. The number of nitrogens with two attached hydrogens (primary N) is 1. The second kappa shape index (κ2) is 6.78. The van der Waals surface area contributed by atoms with Gasteiger partial charge in [-0.2, -0.15) is 0 Å². The largest absolute Gasteiger partial charge is 0.271 e. The molecular weight excluding hydrogens is 463 g/mol. The smallest absolute Gasteiger partial charge is 0.127 e. The lowest BCUT2D eigenvalue weighted by atomic mass is 10.0. The Bertz CT molecular complexity index is 569. The summed E-state index contributed by atoms with van der Waals surface area (Å²) < 4.78 is 16.5. The monoisotopic (exact) mass is 470 g/mol. The van der Waals surface area contributed by atoms with Gasteiger partial charge in [0, 0.05) is 13.8 Å². The van der Waals surface area contributed by atoms with Gasteiger partial charge < -0.3 is 0 Å². The molecule has 3 N–H and O–H groups in total. The van der Waals surface area contributed by atoms with Gasteiger partial charge in [-0.1, -0.05) is 22.0 Å². The molecule has 2 nitrogen and oxygen atoms in total. The summed E-state index contributed by atoms with van der Waals surface area (Å²) in [7, 11) is 0. The number of thiophene rings is 1. The minimum atomic E-state index is -0.232. The predicted octanol–water partition coefficient (Wildman–Crippen LogP) is 4.92. The van der Waals surface area contributed by atoms with E-state index >= 15 is 0 Å². The van der Waals surface area contributed by atoms with Crippen LogP contribution in [0.15, 0.2) is 37.0 Å². The summed E-state index contributed by atoms with van der Waals surface area (Å²) in [5.41, 5.74) is 3.37. The van der Waals surface area contributed by atoms with Crippen LogP contribution in [0.4, 0.5) is 4.39 Å². The average Bonchev–Trinajstić information content (AvgIpc) is 2.68. The molecule has 102 valence electrons. The van der Waals surface area contributed by atoms with Gasteiger partial charge in [0.2, 0.25) is 0 Å². The molecule has 0 amide bonds. The molecule has 1 aromatic carbocycles. The van der Waals surface area contributed by atoms with Crippen LogP contribution in [-0.4, -0.2) is 0 Å². The van der Waals surface area contributed by atoms with Crippen LogP contribution in [0.3, 0.4) is 0 Å². The van der Waals surface area contributed by atoms with Crippen molar-refractivity contribution in [3.05, 3.63) is 53.3 Å². The molecule has 0 saturated heterocycles. The van der Waals surface area contributed by atoms with Crippen LogP contribution < -0.4 is 11.3 Å². The second-order valence-corrected chi connectivity index (χ2v) is 8.10. The minimum Gasteiger partial charge on any atom is -0.271 e. The fourth-order valence-corrected chi connectivity index (χ4v) is 4.17. The maximum absolute atomic E-state index is 13.8. The topological polar surface area (TPSA) is 38.0 Å². The van der Waals surface area contributed by atoms with Crippen molar-refractivity contribution < 1.29 is 4.39 Å². The molecule has 1 atom stereocenters. The van der Waals surface area contributed by atoms with Gasteiger partial charge >= 0.3 is 0 Å². The van der Waals surface area contributed by atoms with Crippen LogP contribution in [-0.2, 0) is 6.42 Å². The van der Waals surface area contributed by atoms with Gasteiger partial charge in [0.15, 0.2) is 0 Å². The molecular formula is C12H10Br3FN2S. The van der Waals surface area contributed by atoms with Gasteiger partial charge in [0.25, 0.3) is 0 Å². The van der Waals surface area contributed by atoms with Crippen molar-refractivity contribution in [3.63, 3.8) is 0 Å². The molecule has 1 heterocycles. The fourth-order valence-electron chi connectivity index (χ4n) is 1.68. The summed E-state index contributed by atoms with van der Waals surface area (Å²) in [5, 5.41) is 0. The van der Waals surface area contributed by atoms with E-state index in [9.17, 15) is 4.39 Å². The van der Waals surface area contributed by atoms with Crippen LogP contribution in [0, 0.1) is 5.82 Å². The van der Waals surface area contributed by atoms with E-state index in [0.29, 0.717) is 12.0 Å². The van der Waals surface area contributed by atoms with Crippen molar-refractivity contribution in [2.24, 2.45) is 5.84 Å². The number of benzene rings is 1. The number of rotatable bonds is 4. The minimum absolute atomic E-state index is 0.122. The Morgan fingerprint density at radius 1 is 1.26 bits per heavy atom. The maximum Gasteiger partial charge on any atom is 0.127 e. The standard InChI is InChI=1S/C12H10Br3FN2S/c13-7-2-1-6(9(16)4-7)3-10(18-17)11-5-8(14)12(15)19-11/h1-2,4-5,10,18H,3,17H2. The number of halogens is 4. The van der Waals surface area contributed by atoms with Crippen LogP contribution in [0.2, 0.25) is 0 Å². The zero-order valence-electron chi connectivity index (χ0n) is 9.59. The quantitative estimate of drug-likeness (QED) is 0.489. The summed E-state index contributed by atoms with van der Waals surface area (Å²) >= 11 is 11.7. The van der Waals surface area contributed by atoms with Crippen molar-refractivity contribution in [2.75, 3.05) is 0 Å². The molecule has 0 spiro atoms. The van der Waals surface area contributed by atoms with Gasteiger partial charge in [-0.3, -0.25) is 11.3 Å². The summed E-state index contributed by atoms with van der Waals surface area (Å²) in [6, 6.07) is 6.91. The molecule has 0 aliphatic heterocycles. The molecule has 2 aromatic rings. The zero-order chi connectivity index (χ0) is 14.0. The maximum atomic E-state index is 13.8. The molecule has 2 rings (SSSR count). The van der Waals surface area contributed by atoms with E-state index < -0.39 is 0 Å². The Morgan fingerprint density at radius 2 is 2.00 bits per heavy atom. The Labute approximate surface area is 139 Å². The van der Waals surface area contributed by atoms with E-state index in [0.717, 1.165) is 17.6 Å². The van der Waals surface area contributed by atoms with E-state index in [2.05, 4.69) is 53.2 Å². The molecule has 0 radical (unpaired) electrons. The van der Waals surface area contributed by atoms with E-state index in [1.165, 1.54) is 6.07 Å². The highest BCUT2D eigenvalue weighted by molar-refractivity contribution is 9.13. The average molecular weight is 473 g/mol. The molecule has 0 bridgehead atoms. The molecule has 19 heavy (non-hydrogen) atoms. The van der Waals surface area contributed by atoms with Crippen LogP contribution in [0.1, 0.15) is 16.5 Å². The van der Waals surface area contributed by atoms with E-state index in [1.54, 1.807) is 17.4 Å². The highest BCUT2D eigenvalue weighted by atomic mass is 79.9. The number of hydrogen-bond acceptors (Lipinski definition) is 3. The van der Waals surface area contributed by atoms with Gasteiger partial charge in [-0.25, -0.2) is 4.39 Å². The Hall–Kier alpha value is 0.210. The molecule has 7 heteroatoms. The Kier molecular flexibility index (Phi) is 5.56. The molecule has 1 unspecified atom stereocenters. The summed E-state index contributed by atoms with van der Waals surface area (Å²) in [6.07, 6.45) is 0.495. The lowest BCUT2D eigenvalue weighted by Gasteiger charge is -2.14. The van der Waals surface area contributed by atoms with Crippen molar-refractivity contribution in [1.29, 1.82) is 0 Å². The first-order valence-corrected chi connectivity index (χ1v) is 8.55. The summed E-state index contributed by atoms with van der Waals surface area (Å²) in [5.74, 6) is 5.35. The number of hydrazine groups is 1. The summed E-state index contributed by atoms with van der Waals surface area (Å²) in [4.78, 5) is 1.04. The Balaban J connectivity index is 2.23. The highest BCUT2D eigenvalue weighted by Gasteiger charge is 2.17. The summed E-state index contributed by atoms with van der Waals surface area (Å²) in [6.45, 7) is 0. The lowest BCUT2D eigenvalue weighted by molar-refractivity contribution is 0.535. The first kappa shape index (κ1) is 15.6. The Morgan fingerprint density at radius 3 is 2.53 bits per heavy atom. The first-order chi connectivity index (χ1) is 9.01. The van der Waals surface area contributed by atoms with Crippen LogP contribution in [0.25, 0.3) is 0 Å². The lowest BCUT2D eigenvalue weighted by Crippen LogP contribution is -2.29. The first-order valence-electron chi connectivity index (χ1n) is 5.36. The van der Waals surface area contributed by atoms with Crippen molar-refractivity contribution >= 4 is 59.1 Å². The van der Waals surface area contributed by atoms with E-state index in [4.69, 9.17) is 5.84 Å². The van der Waals surface area contributed by atoms with Gasteiger partial charge in [0.05, 0.1) is 9.83 Å². The van der Waals surface area contributed by atoms with E-state index in [-0.39, 0.29) is 11.9 Å². The third-order valence-corrected chi connectivity index (χ3v) is 6.51. The molecule has 0 aliphatic carbocycles. The van der Waals surface area contributed by atoms with Crippen LogP contribution in [0.5, 0.6) is 0 Å². The third-order valence-electron chi connectivity index (χ3n) is 2.65. The zero-order valence-corrected chi connectivity index (χ0v) is 15.2.